The van der Waals surface area contributed by atoms with Crippen molar-refractivity contribution in [3.8, 4) is 17.2 Å². The minimum atomic E-state index is -1.08. The number of ether oxygens (including phenoxy) is 3. The number of unbranched alkanes of at least 4 members (excludes halogenated alkanes) is 1. The molecular formula is C59H69NO6. The fraction of sp³-hybridized carbons (Fsp3) is 0.390. The predicted octanol–water partition coefficient (Wildman–Crippen LogP) is 15.2. The van der Waals surface area contributed by atoms with Crippen LogP contribution in [0.2, 0.25) is 0 Å². The highest BCUT2D eigenvalue weighted by Crippen LogP contribution is 2.57. The SMILES string of the molecule is CC1c2cccc3cccc(c23)C1C.CCC(C)(C)c1ccc2c(c1)Oc1cc(O)ccc1C21OC(=O)c2ccccc21.CCC(C)c1ccc(NCCCCC(=O)OC(C)(C)CC)cc1. The summed E-state index contributed by atoms with van der Waals surface area (Å²) in [5, 5.41) is 16.4. The molecule has 3 aliphatic rings. The van der Waals surface area contributed by atoms with Crippen molar-refractivity contribution in [2.24, 2.45) is 0 Å². The Morgan fingerprint density at radius 2 is 1.39 bits per heavy atom. The normalized spacial score (nSPS) is 18.1. The number of aromatic hydroxyl groups is 1. The first kappa shape index (κ1) is 47.9. The Hall–Kier alpha value is -6.08. The third kappa shape index (κ3) is 9.72. The van der Waals surface area contributed by atoms with E-state index in [1.807, 2.05) is 51.1 Å². The second-order valence-corrected chi connectivity index (χ2v) is 19.6. The van der Waals surface area contributed by atoms with Gasteiger partial charge in [0.1, 0.15) is 22.8 Å². The van der Waals surface area contributed by atoms with Gasteiger partial charge in [0.25, 0.3) is 0 Å². The maximum Gasteiger partial charge on any atom is 0.340 e. The summed E-state index contributed by atoms with van der Waals surface area (Å²) in [4.78, 5) is 24.5. The van der Waals surface area contributed by atoms with E-state index >= 15 is 0 Å². The molecule has 346 valence electrons. The van der Waals surface area contributed by atoms with E-state index in [9.17, 15) is 14.7 Å². The third-order valence-corrected chi connectivity index (χ3v) is 14.5. The van der Waals surface area contributed by atoms with Crippen LogP contribution in [0.1, 0.15) is 175 Å². The largest absolute Gasteiger partial charge is 0.508 e. The molecule has 0 bridgehead atoms. The van der Waals surface area contributed by atoms with Crippen LogP contribution in [0, 0.1) is 0 Å². The number of rotatable bonds is 12. The van der Waals surface area contributed by atoms with Gasteiger partial charge in [0.05, 0.1) is 5.56 Å². The summed E-state index contributed by atoms with van der Waals surface area (Å²) in [6, 6.07) is 40.5. The molecule has 66 heavy (non-hydrogen) atoms. The molecule has 2 heterocycles. The van der Waals surface area contributed by atoms with Gasteiger partial charge in [-0.3, -0.25) is 4.79 Å². The Kier molecular flexibility index (Phi) is 14.4. The highest BCUT2D eigenvalue weighted by Gasteiger charge is 2.53. The minimum absolute atomic E-state index is 0.0189. The minimum Gasteiger partial charge on any atom is -0.508 e. The van der Waals surface area contributed by atoms with Crippen LogP contribution in [0.3, 0.4) is 0 Å². The number of benzene rings is 6. The number of hydrogen-bond donors (Lipinski definition) is 2. The average Bonchev–Trinajstić information content (AvgIpc) is 3.75. The lowest BCUT2D eigenvalue weighted by Gasteiger charge is -2.37. The fourth-order valence-electron chi connectivity index (χ4n) is 9.21. The van der Waals surface area contributed by atoms with Crippen molar-refractivity contribution < 1.29 is 28.9 Å². The molecular weight excluding hydrogens is 819 g/mol. The Bertz CT molecular complexity index is 2640. The molecule has 9 rings (SSSR count). The Balaban J connectivity index is 0.000000156. The maximum absolute atomic E-state index is 12.8. The van der Waals surface area contributed by atoms with Crippen LogP contribution in [0.25, 0.3) is 10.8 Å². The lowest BCUT2D eigenvalue weighted by molar-refractivity contribution is -0.156. The van der Waals surface area contributed by atoms with Gasteiger partial charge in [-0.15, -0.1) is 0 Å². The molecule has 4 unspecified atom stereocenters. The number of fused-ring (bicyclic) bond motifs is 6. The smallest absolute Gasteiger partial charge is 0.340 e. The van der Waals surface area contributed by atoms with Gasteiger partial charge in [0, 0.05) is 41.4 Å². The zero-order chi connectivity index (χ0) is 47.4. The Morgan fingerprint density at radius 3 is 2.03 bits per heavy atom. The molecule has 7 heteroatoms. The quantitative estimate of drug-likeness (QED) is 0.0933. The molecule has 7 nitrogen and oxygen atoms in total. The summed E-state index contributed by atoms with van der Waals surface area (Å²) >= 11 is 0. The standard InChI is InChI=1S/C25H22O4.C20H33NO2.C14H14/c1-4-24(2,3)15-9-11-19-21(13-15)28-22-14-16(26)10-12-20(22)25(19)18-8-6-5-7-17(18)23(27)29-25;1-6-16(3)17-11-13-18(14-12-17)21-15-9-8-10-19(22)23-20(4,5)7-2;1-9-10(2)13-8-4-6-11-5-3-7-12(9)14(11)13/h5-14,26H,4H2,1-3H3;11-14,16,21H,6-10,15H2,1-5H3;3-10H,1-2H3. The van der Waals surface area contributed by atoms with Crippen LogP contribution < -0.4 is 10.1 Å². The van der Waals surface area contributed by atoms with E-state index in [1.54, 1.807) is 24.3 Å². The van der Waals surface area contributed by atoms with Gasteiger partial charge < -0.3 is 24.6 Å². The van der Waals surface area contributed by atoms with Gasteiger partial charge in [-0.25, -0.2) is 4.79 Å². The number of phenols is 1. The van der Waals surface area contributed by atoms with Crippen molar-refractivity contribution in [2.45, 2.75) is 142 Å². The number of nitrogens with one attached hydrogen (secondary N) is 1. The molecule has 2 N–H and O–H groups in total. The third-order valence-electron chi connectivity index (χ3n) is 14.5. The lowest BCUT2D eigenvalue weighted by Crippen LogP contribution is -2.33. The van der Waals surface area contributed by atoms with Crippen LogP contribution >= 0.6 is 0 Å². The van der Waals surface area contributed by atoms with Crippen molar-refractivity contribution in [1.29, 1.82) is 0 Å². The van der Waals surface area contributed by atoms with Gasteiger partial charge in [-0.05, 0) is 139 Å². The van der Waals surface area contributed by atoms with E-state index in [-0.39, 0.29) is 28.7 Å². The Morgan fingerprint density at radius 1 is 0.758 bits per heavy atom. The van der Waals surface area contributed by atoms with Crippen molar-refractivity contribution in [2.75, 3.05) is 11.9 Å². The van der Waals surface area contributed by atoms with Crippen molar-refractivity contribution in [3.63, 3.8) is 0 Å². The monoisotopic (exact) mass is 888 g/mol. The second kappa shape index (κ2) is 19.8. The molecule has 0 fully saturated rings. The van der Waals surface area contributed by atoms with E-state index in [4.69, 9.17) is 14.2 Å². The molecule has 0 radical (unpaired) electrons. The van der Waals surface area contributed by atoms with Crippen LogP contribution in [-0.2, 0) is 25.3 Å². The number of carbonyl (C=O) groups is 2. The first-order valence-corrected chi connectivity index (χ1v) is 24.1. The van der Waals surface area contributed by atoms with E-state index in [0.717, 1.165) is 61.0 Å². The molecule has 1 aliphatic carbocycles. The molecule has 0 amide bonds. The molecule has 0 saturated heterocycles. The lowest BCUT2D eigenvalue weighted by atomic mass is 9.75. The summed E-state index contributed by atoms with van der Waals surface area (Å²) in [7, 11) is 0. The first-order valence-electron chi connectivity index (χ1n) is 24.1. The van der Waals surface area contributed by atoms with Gasteiger partial charge >= 0.3 is 11.9 Å². The molecule has 6 aromatic carbocycles. The van der Waals surface area contributed by atoms with Crippen molar-refractivity contribution >= 4 is 28.4 Å². The zero-order valence-electron chi connectivity index (χ0n) is 40.7. The van der Waals surface area contributed by atoms with E-state index in [2.05, 4.69) is 121 Å². The Labute approximate surface area is 392 Å². The van der Waals surface area contributed by atoms with Crippen molar-refractivity contribution in [3.05, 3.63) is 166 Å². The van der Waals surface area contributed by atoms with Gasteiger partial charge in [-0.2, -0.15) is 0 Å². The van der Waals surface area contributed by atoms with Crippen LogP contribution in [0.4, 0.5) is 5.69 Å². The van der Waals surface area contributed by atoms with E-state index in [1.165, 1.54) is 27.5 Å². The summed E-state index contributed by atoms with van der Waals surface area (Å²) in [5.41, 5.74) is 8.16. The molecule has 0 aromatic heterocycles. The summed E-state index contributed by atoms with van der Waals surface area (Å²) in [6.45, 7) is 22.5. The number of phenolic OH excluding ortho intramolecular Hbond substituents is 1. The molecule has 4 atom stereocenters. The molecule has 2 aliphatic heterocycles. The van der Waals surface area contributed by atoms with E-state index < -0.39 is 5.60 Å². The average molecular weight is 888 g/mol. The van der Waals surface area contributed by atoms with Gasteiger partial charge in [-0.1, -0.05) is 134 Å². The van der Waals surface area contributed by atoms with Crippen LogP contribution in [0.15, 0.2) is 121 Å². The highest BCUT2D eigenvalue weighted by atomic mass is 16.6. The van der Waals surface area contributed by atoms with Gasteiger partial charge in [0.15, 0.2) is 5.60 Å². The van der Waals surface area contributed by atoms with Crippen LogP contribution in [0.5, 0.6) is 17.2 Å². The molecule has 1 spiro atoms. The number of hydrogen-bond acceptors (Lipinski definition) is 7. The molecule has 0 saturated carbocycles. The summed E-state index contributed by atoms with van der Waals surface area (Å²) in [6.07, 6.45) is 5.31. The number of esters is 2. The van der Waals surface area contributed by atoms with Crippen LogP contribution in [-0.4, -0.2) is 29.2 Å². The summed E-state index contributed by atoms with van der Waals surface area (Å²) in [5.74, 6) is 2.76. The fourth-order valence-corrected chi connectivity index (χ4v) is 9.21. The topological polar surface area (TPSA) is 94.1 Å². The van der Waals surface area contributed by atoms with E-state index in [0.29, 0.717) is 46.8 Å². The number of anilines is 1. The van der Waals surface area contributed by atoms with Gasteiger partial charge in [0.2, 0.25) is 0 Å². The zero-order valence-corrected chi connectivity index (χ0v) is 40.7. The predicted molar refractivity (Wildman–Crippen MR) is 268 cm³/mol. The molecule has 6 aromatic rings. The number of carbonyl (C=O) groups excluding carboxylic acids is 2. The first-order chi connectivity index (χ1) is 31.5. The van der Waals surface area contributed by atoms with Crippen molar-refractivity contribution in [1.82, 2.24) is 0 Å². The second-order valence-electron chi connectivity index (χ2n) is 19.6. The summed E-state index contributed by atoms with van der Waals surface area (Å²) < 4.78 is 17.8. The maximum atomic E-state index is 12.8. The highest BCUT2D eigenvalue weighted by molar-refractivity contribution is 5.97.